The quantitative estimate of drug-likeness (QED) is 0.922. The first-order valence-electron chi connectivity index (χ1n) is 7.11. The second kappa shape index (κ2) is 6.50. The molecule has 1 heterocycles. The molecule has 1 aromatic heterocycles. The van der Waals surface area contributed by atoms with Crippen LogP contribution in [0.25, 0.3) is 0 Å². The van der Waals surface area contributed by atoms with Crippen molar-refractivity contribution in [2.24, 2.45) is 0 Å². The summed E-state index contributed by atoms with van der Waals surface area (Å²) >= 11 is 6.30. The van der Waals surface area contributed by atoms with Gasteiger partial charge in [-0.15, -0.1) is 0 Å². The molecule has 21 heavy (non-hydrogen) atoms. The monoisotopic (exact) mass is 307 g/mol. The van der Waals surface area contributed by atoms with Gasteiger partial charge in [0.15, 0.2) is 0 Å². The van der Waals surface area contributed by atoms with Crippen molar-refractivity contribution in [1.29, 1.82) is 0 Å². The lowest BCUT2D eigenvalue weighted by molar-refractivity contribution is 0.175. The van der Waals surface area contributed by atoms with Gasteiger partial charge in [0.1, 0.15) is 0 Å². The van der Waals surface area contributed by atoms with E-state index in [1.54, 1.807) is 0 Å². The minimum Gasteiger partial charge on any atom is -0.388 e. The van der Waals surface area contributed by atoms with E-state index in [2.05, 4.69) is 5.10 Å². The summed E-state index contributed by atoms with van der Waals surface area (Å²) in [4.78, 5) is 2.02. The number of hydrogen-bond donors (Lipinski definition) is 1. The fourth-order valence-electron chi connectivity index (χ4n) is 2.38. The third-order valence-corrected chi connectivity index (χ3v) is 4.10. The molecule has 1 N–H and O–H groups in total. The summed E-state index contributed by atoms with van der Waals surface area (Å²) in [6.07, 6.45) is -0.131. The summed E-state index contributed by atoms with van der Waals surface area (Å²) in [6, 6.07) is 7.91. The third kappa shape index (κ3) is 3.39. The first kappa shape index (κ1) is 15.9. The molecular weight excluding hydrogens is 286 g/mol. The van der Waals surface area contributed by atoms with E-state index < -0.39 is 6.10 Å². The minimum atomic E-state index is -0.594. The number of aliphatic hydroxyl groups is 1. The van der Waals surface area contributed by atoms with E-state index in [0.29, 0.717) is 11.4 Å². The van der Waals surface area contributed by atoms with Crippen LogP contribution in [0.15, 0.2) is 24.3 Å². The van der Waals surface area contributed by atoms with Crippen molar-refractivity contribution in [3.63, 3.8) is 0 Å². The van der Waals surface area contributed by atoms with Crippen molar-refractivity contribution in [2.75, 3.05) is 19.0 Å². The fraction of sp³-hybridized carbons (Fsp3) is 0.438. The average Bonchev–Trinajstić information content (AvgIpc) is 2.75. The van der Waals surface area contributed by atoms with Gasteiger partial charge in [-0.05, 0) is 31.5 Å². The summed E-state index contributed by atoms with van der Waals surface area (Å²) in [7, 11) is 3.97. The first-order chi connectivity index (χ1) is 9.93. The maximum atomic E-state index is 10.5. The molecule has 0 saturated carbocycles. The van der Waals surface area contributed by atoms with Crippen molar-refractivity contribution in [3.8, 4) is 0 Å². The van der Waals surface area contributed by atoms with E-state index in [1.165, 1.54) is 0 Å². The minimum absolute atomic E-state index is 0.463. The van der Waals surface area contributed by atoms with Gasteiger partial charge in [-0.3, -0.25) is 4.68 Å². The number of halogens is 1. The Morgan fingerprint density at radius 1 is 1.38 bits per heavy atom. The van der Waals surface area contributed by atoms with Crippen LogP contribution in [0.2, 0.25) is 5.02 Å². The van der Waals surface area contributed by atoms with Crippen LogP contribution in [0.4, 0.5) is 5.69 Å². The van der Waals surface area contributed by atoms with Crippen LogP contribution in [-0.2, 0) is 13.0 Å². The Labute approximate surface area is 131 Å². The summed E-state index contributed by atoms with van der Waals surface area (Å²) in [5, 5.41) is 15.6. The number of hydrogen-bond acceptors (Lipinski definition) is 3. The molecule has 5 heteroatoms. The molecule has 1 unspecified atom stereocenters. The maximum Gasteiger partial charge on any atom is 0.0848 e. The van der Waals surface area contributed by atoms with Gasteiger partial charge in [0.25, 0.3) is 0 Å². The van der Waals surface area contributed by atoms with Crippen molar-refractivity contribution in [3.05, 3.63) is 46.2 Å². The molecule has 0 saturated heterocycles. The SMILES string of the molecule is CCn1nc(C)c(Cl)c1CC(O)c1cccc(N(C)C)c1. The number of rotatable bonds is 5. The number of benzene rings is 1. The van der Waals surface area contributed by atoms with Gasteiger partial charge in [-0.1, -0.05) is 23.7 Å². The molecule has 0 bridgehead atoms. The topological polar surface area (TPSA) is 41.3 Å². The van der Waals surface area contributed by atoms with Gasteiger partial charge in [-0.25, -0.2) is 0 Å². The highest BCUT2D eigenvalue weighted by atomic mass is 35.5. The first-order valence-corrected chi connectivity index (χ1v) is 7.49. The van der Waals surface area contributed by atoms with Crippen molar-refractivity contribution >= 4 is 17.3 Å². The van der Waals surface area contributed by atoms with Crippen LogP contribution in [-0.4, -0.2) is 29.0 Å². The Hall–Kier alpha value is -1.52. The van der Waals surface area contributed by atoms with Crippen LogP contribution in [0.5, 0.6) is 0 Å². The Balaban J connectivity index is 2.26. The van der Waals surface area contributed by atoms with Crippen molar-refractivity contribution < 1.29 is 5.11 Å². The van der Waals surface area contributed by atoms with Gasteiger partial charge >= 0.3 is 0 Å². The van der Waals surface area contributed by atoms with E-state index in [4.69, 9.17) is 11.6 Å². The van der Waals surface area contributed by atoms with Crippen LogP contribution in [0, 0.1) is 6.92 Å². The summed E-state index contributed by atoms with van der Waals surface area (Å²) in [5.74, 6) is 0. The number of anilines is 1. The lowest BCUT2D eigenvalue weighted by atomic mass is 10.0. The second-order valence-corrected chi connectivity index (χ2v) is 5.75. The van der Waals surface area contributed by atoms with Crippen LogP contribution in [0.1, 0.15) is 30.0 Å². The van der Waals surface area contributed by atoms with Gasteiger partial charge in [0, 0.05) is 32.7 Å². The molecule has 1 atom stereocenters. The molecule has 2 rings (SSSR count). The second-order valence-electron chi connectivity index (χ2n) is 5.37. The summed E-state index contributed by atoms with van der Waals surface area (Å²) in [5.41, 5.74) is 3.65. The highest BCUT2D eigenvalue weighted by Crippen LogP contribution is 2.27. The Morgan fingerprint density at radius 3 is 2.71 bits per heavy atom. The predicted octanol–water partition coefficient (Wildman–Crippen LogP) is 3.21. The van der Waals surface area contributed by atoms with Crippen molar-refractivity contribution in [2.45, 2.75) is 32.9 Å². The van der Waals surface area contributed by atoms with Crippen molar-refractivity contribution in [1.82, 2.24) is 9.78 Å². The van der Waals surface area contributed by atoms with Crippen LogP contribution in [0.3, 0.4) is 0 Å². The number of aryl methyl sites for hydroxylation is 2. The predicted molar refractivity (Wildman–Crippen MR) is 87.1 cm³/mol. The molecule has 0 radical (unpaired) electrons. The van der Waals surface area contributed by atoms with Gasteiger partial charge in [-0.2, -0.15) is 5.10 Å². The molecule has 0 aliphatic carbocycles. The Morgan fingerprint density at radius 2 is 2.10 bits per heavy atom. The molecule has 2 aromatic rings. The Kier molecular flexibility index (Phi) is 4.91. The summed E-state index contributed by atoms with van der Waals surface area (Å²) < 4.78 is 1.86. The number of aromatic nitrogens is 2. The van der Waals surface area contributed by atoms with E-state index in [0.717, 1.165) is 29.2 Å². The van der Waals surface area contributed by atoms with Crippen LogP contribution < -0.4 is 4.90 Å². The lowest BCUT2D eigenvalue weighted by Crippen LogP contribution is -2.11. The van der Waals surface area contributed by atoms with E-state index >= 15 is 0 Å². The zero-order valence-corrected chi connectivity index (χ0v) is 13.7. The molecule has 114 valence electrons. The molecule has 1 aromatic carbocycles. The largest absolute Gasteiger partial charge is 0.388 e. The number of aliphatic hydroxyl groups excluding tert-OH is 1. The molecule has 0 amide bonds. The normalized spacial score (nSPS) is 12.5. The third-order valence-electron chi connectivity index (χ3n) is 3.61. The Bertz CT molecular complexity index is 622. The standard InChI is InChI=1S/C16H22ClN3O/c1-5-20-14(16(17)11(2)18-20)10-15(21)12-7-6-8-13(9-12)19(3)4/h6-9,15,21H,5,10H2,1-4H3. The van der Waals surface area contributed by atoms with E-state index in [9.17, 15) is 5.11 Å². The molecule has 4 nitrogen and oxygen atoms in total. The van der Waals surface area contributed by atoms with Crippen LogP contribution >= 0.6 is 11.6 Å². The highest BCUT2D eigenvalue weighted by Gasteiger charge is 2.18. The molecule has 0 fully saturated rings. The zero-order valence-electron chi connectivity index (χ0n) is 13.0. The van der Waals surface area contributed by atoms with Gasteiger partial charge < -0.3 is 10.0 Å². The molecule has 0 spiro atoms. The van der Waals surface area contributed by atoms with Gasteiger partial charge in [0.05, 0.1) is 22.5 Å². The van der Waals surface area contributed by atoms with E-state index in [1.807, 2.05) is 61.8 Å². The number of nitrogens with zero attached hydrogens (tertiary/aromatic N) is 3. The maximum absolute atomic E-state index is 10.5. The lowest BCUT2D eigenvalue weighted by Gasteiger charge is -2.17. The fourth-order valence-corrected chi connectivity index (χ4v) is 2.59. The smallest absolute Gasteiger partial charge is 0.0848 e. The molecular formula is C16H22ClN3O. The summed E-state index contributed by atoms with van der Waals surface area (Å²) in [6.45, 7) is 4.65. The van der Waals surface area contributed by atoms with E-state index in [-0.39, 0.29) is 0 Å². The van der Waals surface area contributed by atoms with Gasteiger partial charge in [0.2, 0.25) is 0 Å². The molecule has 0 aliphatic rings. The zero-order chi connectivity index (χ0) is 15.6. The molecule has 0 aliphatic heterocycles. The average molecular weight is 308 g/mol. The highest BCUT2D eigenvalue weighted by molar-refractivity contribution is 6.31.